The van der Waals surface area contributed by atoms with Crippen LogP contribution in [-0.2, 0) is 0 Å². The molecule has 18 heavy (non-hydrogen) atoms. The van der Waals surface area contributed by atoms with E-state index < -0.39 is 0 Å². The molecule has 88 valence electrons. The lowest BCUT2D eigenvalue weighted by Gasteiger charge is -2.03. The smallest absolute Gasteiger partial charge is 0.193 e. The quantitative estimate of drug-likeness (QED) is 0.767. The van der Waals surface area contributed by atoms with Crippen LogP contribution in [0.5, 0.6) is 0 Å². The zero-order valence-electron chi connectivity index (χ0n) is 9.77. The summed E-state index contributed by atoms with van der Waals surface area (Å²) in [7, 11) is 0. The Balaban J connectivity index is 2.35. The second-order valence-electron chi connectivity index (χ2n) is 3.98. The van der Waals surface area contributed by atoms with Crippen LogP contribution in [0.25, 0.3) is 0 Å². The number of carbonyl (C=O) groups excluding carboxylic acids is 1. The number of benzene rings is 2. The summed E-state index contributed by atoms with van der Waals surface area (Å²) in [6, 6.07) is 13.8. The lowest BCUT2D eigenvalue weighted by molar-refractivity contribution is 0.103. The Kier molecular flexibility index (Phi) is 3.45. The number of hydrogen-bond acceptors (Lipinski definition) is 2. The average Bonchev–Trinajstić information content (AvgIpc) is 2.41. The van der Waals surface area contributed by atoms with Crippen molar-refractivity contribution in [3.8, 4) is 6.07 Å². The predicted molar refractivity (Wildman–Crippen MR) is 70.8 cm³/mol. The summed E-state index contributed by atoms with van der Waals surface area (Å²) in [6.45, 7) is 1.89. The number of nitrogens with zero attached hydrogens (tertiary/aromatic N) is 1. The van der Waals surface area contributed by atoms with E-state index in [2.05, 4.69) is 0 Å². The van der Waals surface area contributed by atoms with Crippen LogP contribution >= 0.6 is 11.6 Å². The summed E-state index contributed by atoms with van der Waals surface area (Å²) in [4.78, 5) is 12.2. The summed E-state index contributed by atoms with van der Waals surface area (Å²) in [5.74, 6) is -0.0959. The molecule has 0 aliphatic carbocycles. The molecule has 0 bridgehead atoms. The van der Waals surface area contributed by atoms with Gasteiger partial charge >= 0.3 is 0 Å². The normalized spacial score (nSPS) is 9.83. The lowest BCUT2D eigenvalue weighted by Crippen LogP contribution is -2.01. The monoisotopic (exact) mass is 255 g/mol. The third-order valence-corrected chi connectivity index (χ3v) is 3.12. The minimum absolute atomic E-state index is 0.0959. The van der Waals surface area contributed by atoms with Crippen LogP contribution < -0.4 is 0 Å². The van der Waals surface area contributed by atoms with Gasteiger partial charge in [0.05, 0.1) is 11.6 Å². The molecule has 0 fully saturated rings. The van der Waals surface area contributed by atoms with Gasteiger partial charge in [-0.1, -0.05) is 23.7 Å². The summed E-state index contributed by atoms with van der Waals surface area (Å²) in [5, 5.41) is 9.28. The van der Waals surface area contributed by atoms with Crippen molar-refractivity contribution in [1.29, 1.82) is 5.26 Å². The van der Waals surface area contributed by atoms with E-state index in [1.165, 1.54) is 0 Å². The first-order valence-electron chi connectivity index (χ1n) is 5.43. The highest BCUT2D eigenvalue weighted by Gasteiger charge is 2.10. The van der Waals surface area contributed by atoms with Crippen molar-refractivity contribution in [3.05, 3.63) is 69.7 Å². The van der Waals surface area contributed by atoms with E-state index in [0.717, 1.165) is 5.56 Å². The van der Waals surface area contributed by atoms with Gasteiger partial charge in [0, 0.05) is 16.1 Å². The molecular formula is C15H10ClNO. The second-order valence-corrected chi connectivity index (χ2v) is 4.39. The van der Waals surface area contributed by atoms with Gasteiger partial charge in [0.15, 0.2) is 5.78 Å². The van der Waals surface area contributed by atoms with Crippen LogP contribution in [0.15, 0.2) is 42.5 Å². The SMILES string of the molecule is Cc1ccc(C(=O)c2ccc(C#N)cc2)cc1Cl. The van der Waals surface area contributed by atoms with Crippen LogP contribution in [0.3, 0.4) is 0 Å². The van der Waals surface area contributed by atoms with Gasteiger partial charge in [0.1, 0.15) is 0 Å². The molecule has 0 amide bonds. The fourth-order valence-electron chi connectivity index (χ4n) is 1.60. The fraction of sp³-hybridized carbons (Fsp3) is 0.0667. The van der Waals surface area contributed by atoms with Crippen LogP contribution in [0, 0.1) is 18.3 Å². The average molecular weight is 256 g/mol. The number of halogens is 1. The zero-order valence-corrected chi connectivity index (χ0v) is 10.5. The second kappa shape index (κ2) is 5.03. The van der Waals surface area contributed by atoms with E-state index in [9.17, 15) is 4.79 Å². The Labute approximate surface area is 110 Å². The molecule has 2 aromatic rings. The number of rotatable bonds is 2. The topological polar surface area (TPSA) is 40.9 Å². The Morgan fingerprint density at radius 2 is 1.72 bits per heavy atom. The highest BCUT2D eigenvalue weighted by atomic mass is 35.5. The maximum atomic E-state index is 12.2. The molecule has 0 N–H and O–H groups in total. The maximum absolute atomic E-state index is 12.2. The Morgan fingerprint density at radius 3 is 2.28 bits per heavy atom. The minimum Gasteiger partial charge on any atom is -0.289 e. The molecule has 0 aliphatic rings. The van der Waals surface area contributed by atoms with Crippen LogP contribution in [0.1, 0.15) is 27.0 Å². The number of nitriles is 1. The number of ketones is 1. The summed E-state index contributed by atoms with van der Waals surface area (Å²) >= 11 is 6.00. The summed E-state index contributed by atoms with van der Waals surface area (Å²) in [6.07, 6.45) is 0. The molecule has 2 nitrogen and oxygen atoms in total. The van der Waals surface area contributed by atoms with Gasteiger partial charge < -0.3 is 0 Å². The van der Waals surface area contributed by atoms with E-state index in [-0.39, 0.29) is 5.78 Å². The highest BCUT2D eigenvalue weighted by Crippen LogP contribution is 2.19. The Morgan fingerprint density at radius 1 is 1.11 bits per heavy atom. The molecule has 0 heterocycles. The van der Waals surface area contributed by atoms with Gasteiger partial charge in [-0.25, -0.2) is 0 Å². The van der Waals surface area contributed by atoms with Gasteiger partial charge in [-0.3, -0.25) is 4.79 Å². The van der Waals surface area contributed by atoms with Gasteiger partial charge in [-0.15, -0.1) is 0 Å². The third-order valence-electron chi connectivity index (χ3n) is 2.71. The number of hydrogen-bond donors (Lipinski definition) is 0. The van der Waals surface area contributed by atoms with E-state index in [0.29, 0.717) is 21.7 Å². The van der Waals surface area contributed by atoms with Crippen LogP contribution in [0.4, 0.5) is 0 Å². The van der Waals surface area contributed by atoms with Gasteiger partial charge in [0.2, 0.25) is 0 Å². The first-order valence-corrected chi connectivity index (χ1v) is 5.80. The molecule has 0 radical (unpaired) electrons. The van der Waals surface area contributed by atoms with E-state index in [1.807, 2.05) is 19.1 Å². The van der Waals surface area contributed by atoms with Gasteiger partial charge in [-0.2, -0.15) is 5.26 Å². The molecule has 0 aromatic heterocycles. The van der Waals surface area contributed by atoms with Crippen LogP contribution in [-0.4, -0.2) is 5.78 Å². The fourth-order valence-corrected chi connectivity index (χ4v) is 1.78. The first kappa shape index (κ1) is 12.3. The van der Waals surface area contributed by atoms with E-state index >= 15 is 0 Å². The van der Waals surface area contributed by atoms with Crippen molar-refractivity contribution < 1.29 is 4.79 Å². The molecule has 0 saturated carbocycles. The highest BCUT2D eigenvalue weighted by molar-refractivity contribution is 6.31. The molecule has 0 spiro atoms. The molecule has 2 aromatic carbocycles. The Hall–Kier alpha value is -2.11. The van der Waals surface area contributed by atoms with Crippen molar-refractivity contribution in [1.82, 2.24) is 0 Å². The summed E-state index contributed by atoms with van der Waals surface area (Å²) in [5.41, 5.74) is 2.57. The molecular weight excluding hydrogens is 246 g/mol. The number of aryl methyl sites for hydroxylation is 1. The zero-order chi connectivity index (χ0) is 13.1. The molecule has 0 atom stereocenters. The molecule has 0 unspecified atom stereocenters. The Bertz CT molecular complexity index is 639. The predicted octanol–water partition coefficient (Wildman–Crippen LogP) is 3.75. The van der Waals surface area contributed by atoms with Gasteiger partial charge in [0.25, 0.3) is 0 Å². The van der Waals surface area contributed by atoms with E-state index in [1.54, 1.807) is 36.4 Å². The molecule has 2 rings (SSSR count). The van der Waals surface area contributed by atoms with Crippen molar-refractivity contribution in [2.75, 3.05) is 0 Å². The molecule has 0 saturated heterocycles. The van der Waals surface area contributed by atoms with Crippen LogP contribution in [0.2, 0.25) is 5.02 Å². The molecule has 0 aliphatic heterocycles. The third kappa shape index (κ3) is 2.42. The standard InChI is InChI=1S/C15H10ClNO/c1-10-2-5-13(8-14(10)16)15(18)12-6-3-11(9-17)4-7-12/h2-8H,1H3. The van der Waals surface area contributed by atoms with E-state index in [4.69, 9.17) is 16.9 Å². The van der Waals surface area contributed by atoms with Crippen molar-refractivity contribution >= 4 is 17.4 Å². The largest absolute Gasteiger partial charge is 0.289 e. The van der Waals surface area contributed by atoms with Crippen molar-refractivity contribution in [2.45, 2.75) is 6.92 Å². The van der Waals surface area contributed by atoms with Crippen molar-refractivity contribution in [2.24, 2.45) is 0 Å². The molecule has 3 heteroatoms. The lowest BCUT2D eigenvalue weighted by atomic mass is 10.0. The van der Waals surface area contributed by atoms with Gasteiger partial charge in [-0.05, 0) is 42.8 Å². The summed E-state index contributed by atoms with van der Waals surface area (Å²) < 4.78 is 0. The minimum atomic E-state index is -0.0959. The first-order chi connectivity index (χ1) is 8.61. The van der Waals surface area contributed by atoms with Crippen molar-refractivity contribution in [3.63, 3.8) is 0 Å². The maximum Gasteiger partial charge on any atom is 0.193 e. The number of carbonyl (C=O) groups is 1.